The molecule has 2 bridgehead atoms. The molecule has 4 aliphatic rings. The van der Waals surface area contributed by atoms with Crippen molar-refractivity contribution in [3.05, 3.63) is 0 Å². The fourth-order valence-corrected chi connectivity index (χ4v) is 6.78. The van der Waals surface area contributed by atoms with Crippen LogP contribution in [0.3, 0.4) is 0 Å². The van der Waals surface area contributed by atoms with Gasteiger partial charge in [-0.2, -0.15) is 0 Å². The molecule has 0 radical (unpaired) electrons. The summed E-state index contributed by atoms with van der Waals surface area (Å²) in [5.41, 5.74) is 1.06. The van der Waals surface area contributed by atoms with E-state index in [0.29, 0.717) is 10.8 Å². The summed E-state index contributed by atoms with van der Waals surface area (Å²) in [7, 11) is 0. The number of nitrogens with one attached hydrogen (secondary N) is 1. The van der Waals surface area contributed by atoms with Crippen LogP contribution in [0.4, 0.5) is 0 Å². The molecular formula is C18H31N. The van der Waals surface area contributed by atoms with Crippen LogP contribution in [-0.4, -0.2) is 12.1 Å². The monoisotopic (exact) mass is 261 g/mol. The maximum atomic E-state index is 4.11. The van der Waals surface area contributed by atoms with Crippen molar-refractivity contribution in [1.29, 1.82) is 0 Å². The summed E-state index contributed by atoms with van der Waals surface area (Å²) in [6.45, 7) is 9.89. The second-order valence-corrected chi connectivity index (χ2v) is 9.79. The molecule has 0 aromatic carbocycles. The highest BCUT2D eigenvalue weighted by atomic mass is 15.1. The summed E-state index contributed by atoms with van der Waals surface area (Å²) < 4.78 is 0. The predicted molar refractivity (Wildman–Crippen MR) is 79.9 cm³/mol. The van der Waals surface area contributed by atoms with Crippen molar-refractivity contribution in [1.82, 2.24) is 5.32 Å². The van der Waals surface area contributed by atoms with Crippen LogP contribution in [-0.2, 0) is 0 Å². The Hall–Kier alpha value is -0.0400. The molecule has 1 heteroatoms. The van der Waals surface area contributed by atoms with Gasteiger partial charge in [0, 0.05) is 12.1 Å². The van der Waals surface area contributed by atoms with Crippen LogP contribution >= 0.6 is 0 Å². The number of hydrogen-bond acceptors (Lipinski definition) is 1. The normalized spacial score (nSPS) is 50.2. The van der Waals surface area contributed by atoms with Gasteiger partial charge in [0.05, 0.1) is 0 Å². The van der Waals surface area contributed by atoms with E-state index in [4.69, 9.17) is 0 Å². The summed E-state index contributed by atoms with van der Waals surface area (Å²) in [6, 6.07) is 1.70. The smallest absolute Gasteiger partial charge is 0.0138 e. The van der Waals surface area contributed by atoms with Crippen molar-refractivity contribution in [2.24, 2.45) is 34.5 Å². The minimum absolute atomic E-state index is 0.530. The van der Waals surface area contributed by atoms with Gasteiger partial charge in [-0.3, -0.25) is 0 Å². The molecule has 19 heavy (non-hydrogen) atoms. The highest BCUT2D eigenvalue weighted by Crippen LogP contribution is 2.66. The third kappa shape index (κ3) is 2.07. The van der Waals surface area contributed by atoms with E-state index in [-0.39, 0.29) is 0 Å². The van der Waals surface area contributed by atoms with Gasteiger partial charge in [0.15, 0.2) is 0 Å². The van der Waals surface area contributed by atoms with Gasteiger partial charge in [-0.15, -0.1) is 0 Å². The van der Waals surface area contributed by atoms with E-state index in [1.807, 2.05) is 0 Å². The Morgan fingerprint density at radius 2 is 1.37 bits per heavy atom. The molecule has 0 aromatic heterocycles. The van der Waals surface area contributed by atoms with Gasteiger partial charge in [-0.25, -0.2) is 0 Å². The number of hydrogen-bond donors (Lipinski definition) is 1. The van der Waals surface area contributed by atoms with Crippen molar-refractivity contribution < 1.29 is 0 Å². The van der Waals surface area contributed by atoms with Crippen molar-refractivity contribution in [3.8, 4) is 0 Å². The molecule has 4 rings (SSSR count). The van der Waals surface area contributed by atoms with Gasteiger partial charge < -0.3 is 5.32 Å². The number of rotatable bonds is 2. The van der Waals surface area contributed by atoms with E-state index < -0.39 is 0 Å². The Bertz CT molecular complexity index is 351. The van der Waals surface area contributed by atoms with E-state index in [1.165, 1.54) is 19.3 Å². The molecular weight excluding hydrogens is 230 g/mol. The molecule has 1 nitrogen and oxygen atoms in total. The first kappa shape index (κ1) is 12.7. The first-order valence-corrected chi connectivity index (χ1v) is 8.61. The maximum Gasteiger partial charge on any atom is 0.0138 e. The number of fused-ring (bicyclic) bond motifs is 5. The molecule has 4 unspecified atom stereocenters. The van der Waals surface area contributed by atoms with E-state index in [1.54, 1.807) is 19.3 Å². The summed E-state index contributed by atoms with van der Waals surface area (Å²) in [5.74, 6) is 4.40. The van der Waals surface area contributed by atoms with Gasteiger partial charge in [-0.05, 0) is 73.0 Å². The van der Waals surface area contributed by atoms with Crippen LogP contribution in [0, 0.1) is 34.5 Å². The lowest BCUT2D eigenvalue weighted by Gasteiger charge is -2.45. The zero-order valence-electron chi connectivity index (χ0n) is 13.2. The molecule has 108 valence electrons. The first-order valence-electron chi connectivity index (χ1n) is 8.61. The highest BCUT2D eigenvalue weighted by Gasteiger charge is 2.65. The van der Waals surface area contributed by atoms with Crippen LogP contribution in [0.25, 0.3) is 0 Å². The largest absolute Gasteiger partial charge is 0.311 e. The van der Waals surface area contributed by atoms with Crippen molar-refractivity contribution in [2.75, 3.05) is 0 Å². The van der Waals surface area contributed by atoms with Gasteiger partial charge in [0.1, 0.15) is 0 Å². The predicted octanol–water partition coefficient (Wildman–Crippen LogP) is 4.23. The van der Waals surface area contributed by atoms with Crippen molar-refractivity contribution in [3.63, 3.8) is 0 Å². The van der Waals surface area contributed by atoms with Crippen LogP contribution in [0.15, 0.2) is 0 Å². The van der Waals surface area contributed by atoms with Crippen molar-refractivity contribution in [2.45, 2.75) is 78.3 Å². The molecule has 0 heterocycles. The lowest BCUT2D eigenvalue weighted by molar-refractivity contribution is 0.0825. The molecule has 0 aliphatic heterocycles. The summed E-state index contributed by atoms with van der Waals surface area (Å²) in [6.07, 6.45) is 8.84. The fourth-order valence-electron chi connectivity index (χ4n) is 6.78. The standard InChI is InChI=1S/C18H31N/c1-17(2)8-13(9-18(3,4)10-17)19-16-14-11-5-6-12(7-11)15(14)16/h11-16,19H,5-10H2,1-4H3. The van der Waals surface area contributed by atoms with E-state index in [9.17, 15) is 0 Å². The van der Waals surface area contributed by atoms with Gasteiger partial charge in [0.2, 0.25) is 0 Å². The zero-order valence-corrected chi connectivity index (χ0v) is 13.2. The van der Waals surface area contributed by atoms with E-state index >= 15 is 0 Å². The third-order valence-electron chi connectivity index (χ3n) is 6.72. The Labute approximate surface area is 118 Å². The highest BCUT2D eigenvalue weighted by molar-refractivity contribution is 5.17. The minimum atomic E-state index is 0.530. The minimum Gasteiger partial charge on any atom is -0.311 e. The average molecular weight is 261 g/mol. The summed E-state index contributed by atoms with van der Waals surface area (Å²) in [5, 5.41) is 4.11. The maximum absolute atomic E-state index is 4.11. The molecule has 1 N–H and O–H groups in total. The lowest BCUT2D eigenvalue weighted by atomic mass is 9.63. The fraction of sp³-hybridized carbons (Fsp3) is 1.00. The van der Waals surface area contributed by atoms with Crippen LogP contribution in [0.5, 0.6) is 0 Å². The zero-order chi connectivity index (χ0) is 13.4. The van der Waals surface area contributed by atoms with Gasteiger partial charge in [-0.1, -0.05) is 27.7 Å². The molecule has 0 saturated heterocycles. The Balaban J connectivity index is 1.41. The Morgan fingerprint density at radius 1 is 0.842 bits per heavy atom. The molecule has 0 amide bonds. The molecule has 4 aliphatic carbocycles. The van der Waals surface area contributed by atoms with Crippen LogP contribution < -0.4 is 5.32 Å². The lowest BCUT2D eigenvalue weighted by Crippen LogP contribution is -2.45. The molecule has 0 aromatic rings. The molecule has 0 spiro atoms. The summed E-state index contributed by atoms with van der Waals surface area (Å²) >= 11 is 0. The van der Waals surface area contributed by atoms with Crippen LogP contribution in [0.1, 0.15) is 66.2 Å². The second kappa shape index (κ2) is 3.78. The third-order valence-corrected chi connectivity index (χ3v) is 6.72. The summed E-state index contributed by atoms with van der Waals surface area (Å²) in [4.78, 5) is 0. The average Bonchev–Trinajstić information content (AvgIpc) is 2.66. The van der Waals surface area contributed by atoms with Crippen molar-refractivity contribution >= 4 is 0 Å². The quantitative estimate of drug-likeness (QED) is 0.784. The van der Waals surface area contributed by atoms with E-state index in [2.05, 4.69) is 33.0 Å². The SMILES string of the molecule is CC1(C)CC(NC2C3C4CCC(C4)C23)CC(C)(C)C1. The molecule has 4 saturated carbocycles. The van der Waals surface area contributed by atoms with Crippen LogP contribution in [0.2, 0.25) is 0 Å². The Kier molecular flexibility index (Phi) is 2.52. The topological polar surface area (TPSA) is 12.0 Å². The Morgan fingerprint density at radius 3 is 1.89 bits per heavy atom. The molecule has 4 atom stereocenters. The van der Waals surface area contributed by atoms with Gasteiger partial charge in [0.25, 0.3) is 0 Å². The molecule has 4 fully saturated rings. The van der Waals surface area contributed by atoms with Gasteiger partial charge >= 0.3 is 0 Å². The van der Waals surface area contributed by atoms with E-state index in [0.717, 1.165) is 35.8 Å². The second-order valence-electron chi connectivity index (χ2n) is 9.79. The first-order chi connectivity index (χ1) is 8.85.